The Balaban J connectivity index is 3.86. The van der Waals surface area contributed by atoms with E-state index in [1.165, 1.54) is 0 Å². The van der Waals surface area contributed by atoms with Crippen LogP contribution in [-0.2, 0) is 5.41 Å². The Bertz CT molecular complexity index is 554. The first-order valence-corrected chi connectivity index (χ1v) is 4.14. The third-order valence-electron chi connectivity index (χ3n) is 1.96. The molecule has 0 unspecified atom stereocenters. The molecule has 1 aromatic carbocycles. The second-order valence-electron chi connectivity index (χ2n) is 4.16. The van der Waals surface area contributed by atoms with E-state index in [9.17, 15) is 19.2 Å². The van der Waals surface area contributed by atoms with Crippen molar-refractivity contribution in [1.82, 2.24) is 0 Å². The molecule has 0 saturated carbocycles. The van der Waals surface area contributed by atoms with Gasteiger partial charge in [0.2, 0.25) is 10.9 Å². The van der Waals surface area contributed by atoms with Crippen molar-refractivity contribution < 1.29 is 0 Å². The average molecular weight is 194 g/mol. The van der Waals surface area contributed by atoms with E-state index >= 15 is 0 Å². The third kappa shape index (κ3) is 1.55. The lowest BCUT2D eigenvalue weighted by Crippen LogP contribution is -2.49. The van der Waals surface area contributed by atoms with E-state index in [1.54, 1.807) is 20.8 Å². The monoisotopic (exact) mass is 194 g/mol. The Morgan fingerprint density at radius 3 is 1.79 bits per heavy atom. The summed E-state index contributed by atoms with van der Waals surface area (Å²) in [5, 5.41) is 0. The standard InChI is InChI=1S/C10H10O4/c1-10(2,3)5-4-6(11)8(13)9(14)7(5)12/h4H,1-3H3. The van der Waals surface area contributed by atoms with Gasteiger partial charge in [-0.3, -0.25) is 19.2 Å². The lowest BCUT2D eigenvalue weighted by atomic mass is 9.87. The molecule has 0 fully saturated rings. The van der Waals surface area contributed by atoms with Crippen molar-refractivity contribution in [3.8, 4) is 0 Å². The van der Waals surface area contributed by atoms with Crippen LogP contribution < -0.4 is 21.7 Å². The Kier molecular flexibility index (Phi) is 2.23. The molecule has 74 valence electrons. The number of hydrogen-bond acceptors (Lipinski definition) is 4. The van der Waals surface area contributed by atoms with E-state index in [2.05, 4.69) is 0 Å². The first-order valence-electron chi connectivity index (χ1n) is 4.14. The van der Waals surface area contributed by atoms with Gasteiger partial charge in [0.1, 0.15) is 0 Å². The first kappa shape index (κ1) is 10.5. The van der Waals surface area contributed by atoms with Crippen LogP contribution in [0.3, 0.4) is 0 Å². The SMILES string of the molecule is CC(C)(C)c1cc(=O)c(=O)c(=O)c1=O. The average Bonchev–Trinajstić information content (AvgIpc) is 2.06. The number of hydrogen-bond donors (Lipinski definition) is 0. The van der Waals surface area contributed by atoms with Gasteiger partial charge < -0.3 is 0 Å². The zero-order valence-corrected chi connectivity index (χ0v) is 8.21. The van der Waals surface area contributed by atoms with Crippen LogP contribution in [0.5, 0.6) is 0 Å². The highest BCUT2D eigenvalue weighted by atomic mass is 16.2. The molecule has 0 radical (unpaired) electrons. The molecule has 0 aromatic heterocycles. The quantitative estimate of drug-likeness (QED) is 0.512. The maximum Gasteiger partial charge on any atom is 0.277 e. The Hall–Kier alpha value is -1.58. The molecule has 0 aliphatic rings. The fraction of sp³-hybridized carbons (Fsp3) is 0.400. The smallest absolute Gasteiger partial charge is 0.277 e. The van der Waals surface area contributed by atoms with E-state index < -0.39 is 27.1 Å². The van der Waals surface area contributed by atoms with Crippen LogP contribution in [0.1, 0.15) is 26.3 Å². The minimum Gasteiger partial charge on any atom is -0.285 e. The fourth-order valence-corrected chi connectivity index (χ4v) is 1.16. The van der Waals surface area contributed by atoms with Crippen LogP contribution in [0, 0.1) is 0 Å². The van der Waals surface area contributed by atoms with E-state index in [-0.39, 0.29) is 5.56 Å². The van der Waals surface area contributed by atoms with Gasteiger partial charge in [0.15, 0.2) is 0 Å². The Morgan fingerprint density at radius 1 is 0.857 bits per heavy atom. The van der Waals surface area contributed by atoms with Crippen molar-refractivity contribution in [2.75, 3.05) is 0 Å². The lowest BCUT2D eigenvalue weighted by molar-refractivity contribution is 0.583. The molecule has 0 atom stereocenters. The molecule has 1 aromatic rings. The summed E-state index contributed by atoms with van der Waals surface area (Å²) in [6.45, 7) is 5.10. The molecule has 4 heteroatoms. The van der Waals surface area contributed by atoms with Crippen molar-refractivity contribution in [3.63, 3.8) is 0 Å². The van der Waals surface area contributed by atoms with Gasteiger partial charge in [-0.15, -0.1) is 0 Å². The summed E-state index contributed by atoms with van der Waals surface area (Å²) in [4.78, 5) is 44.2. The molecule has 0 amide bonds. The zero-order chi connectivity index (χ0) is 11.1. The van der Waals surface area contributed by atoms with Gasteiger partial charge in [0.05, 0.1) is 0 Å². The van der Waals surface area contributed by atoms with Crippen LogP contribution in [0.25, 0.3) is 0 Å². The third-order valence-corrected chi connectivity index (χ3v) is 1.96. The van der Waals surface area contributed by atoms with Crippen LogP contribution in [-0.4, -0.2) is 0 Å². The van der Waals surface area contributed by atoms with Crippen molar-refractivity contribution in [3.05, 3.63) is 52.5 Å². The highest BCUT2D eigenvalue weighted by molar-refractivity contribution is 5.22. The topological polar surface area (TPSA) is 68.3 Å². The van der Waals surface area contributed by atoms with Gasteiger partial charge in [-0.1, -0.05) is 20.8 Å². The van der Waals surface area contributed by atoms with Crippen LogP contribution in [0.4, 0.5) is 0 Å². The van der Waals surface area contributed by atoms with Crippen molar-refractivity contribution >= 4 is 0 Å². The van der Waals surface area contributed by atoms with Gasteiger partial charge in [-0.2, -0.15) is 0 Å². The van der Waals surface area contributed by atoms with Crippen LogP contribution in [0.15, 0.2) is 25.2 Å². The van der Waals surface area contributed by atoms with Crippen molar-refractivity contribution in [2.24, 2.45) is 0 Å². The second-order valence-corrected chi connectivity index (χ2v) is 4.16. The minimum atomic E-state index is -1.23. The summed E-state index contributed by atoms with van der Waals surface area (Å²) in [6, 6.07) is 0.964. The van der Waals surface area contributed by atoms with Gasteiger partial charge in [0.25, 0.3) is 10.9 Å². The van der Waals surface area contributed by atoms with Gasteiger partial charge >= 0.3 is 0 Å². The van der Waals surface area contributed by atoms with Crippen molar-refractivity contribution in [1.29, 1.82) is 0 Å². The van der Waals surface area contributed by atoms with E-state index in [0.29, 0.717) is 0 Å². The van der Waals surface area contributed by atoms with Gasteiger partial charge in [-0.25, -0.2) is 0 Å². The van der Waals surface area contributed by atoms with Gasteiger partial charge in [-0.05, 0) is 11.5 Å². The molecule has 14 heavy (non-hydrogen) atoms. The Labute approximate surface area is 79.5 Å². The lowest BCUT2D eigenvalue weighted by Gasteiger charge is -2.16. The molecule has 1 rings (SSSR count). The van der Waals surface area contributed by atoms with E-state index in [4.69, 9.17) is 0 Å². The molecule has 0 spiro atoms. The van der Waals surface area contributed by atoms with E-state index in [1.807, 2.05) is 0 Å². The van der Waals surface area contributed by atoms with Crippen LogP contribution in [0.2, 0.25) is 0 Å². The maximum absolute atomic E-state index is 11.3. The number of benzene rings is 1. The summed E-state index contributed by atoms with van der Waals surface area (Å²) in [6.07, 6.45) is 0. The molecule has 0 N–H and O–H groups in total. The highest BCUT2D eigenvalue weighted by Crippen LogP contribution is 2.15. The molecule has 0 aliphatic carbocycles. The van der Waals surface area contributed by atoms with Crippen molar-refractivity contribution in [2.45, 2.75) is 26.2 Å². The van der Waals surface area contributed by atoms with Crippen LogP contribution >= 0.6 is 0 Å². The second kappa shape index (κ2) is 2.97. The summed E-state index contributed by atoms with van der Waals surface area (Å²) in [7, 11) is 0. The fourth-order valence-electron chi connectivity index (χ4n) is 1.16. The maximum atomic E-state index is 11.3. The molecule has 0 bridgehead atoms. The molecule has 0 heterocycles. The molecule has 4 nitrogen and oxygen atoms in total. The molecular formula is C10H10O4. The van der Waals surface area contributed by atoms with Gasteiger partial charge in [0, 0.05) is 5.56 Å². The normalized spacial score (nSPS) is 11.6. The summed E-state index contributed by atoms with van der Waals surface area (Å²) < 4.78 is 0. The predicted octanol–water partition coefficient (Wildman–Crippen LogP) is -0.699. The zero-order valence-electron chi connectivity index (χ0n) is 8.21. The number of rotatable bonds is 0. The molecule has 0 aliphatic heterocycles. The molecule has 0 saturated heterocycles. The largest absolute Gasteiger partial charge is 0.285 e. The summed E-state index contributed by atoms with van der Waals surface area (Å²) in [5.41, 5.74) is -4.71. The highest BCUT2D eigenvalue weighted by Gasteiger charge is 2.21. The Morgan fingerprint density at radius 2 is 1.36 bits per heavy atom. The first-order chi connectivity index (χ1) is 6.25. The minimum absolute atomic E-state index is 0.104. The van der Waals surface area contributed by atoms with E-state index in [0.717, 1.165) is 6.07 Å². The predicted molar refractivity (Wildman–Crippen MR) is 52.6 cm³/mol. The summed E-state index contributed by atoms with van der Waals surface area (Å²) in [5.74, 6) is 0. The molecular weight excluding hydrogens is 184 g/mol. The summed E-state index contributed by atoms with van der Waals surface area (Å²) >= 11 is 0.